The molecule has 0 spiro atoms. The molecule has 1 aromatic heterocycles. The number of halogens is 1. The summed E-state index contributed by atoms with van der Waals surface area (Å²) in [5.41, 5.74) is 2.42. The largest absolute Gasteiger partial charge is 0.301 e. The van der Waals surface area contributed by atoms with Crippen LogP contribution in [0.3, 0.4) is 0 Å². The van der Waals surface area contributed by atoms with Crippen molar-refractivity contribution < 1.29 is 9.59 Å². The van der Waals surface area contributed by atoms with Gasteiger partial charge in [-0.3, -0.25) is 9.59 Å². The number of fused-ring (bicyclic) bond motifs is 1. The predicted molar refractivity (Wildman–Crippen MR) is 117 cm³/mol. The van der Waals surface area contributed by atoms with E-state index >= 15 is 0 Å². The average Bonchev–Trinajstić information content (AvgIpc) is 3.16. The number of amides is 2. The molecule has 0 radical (unpaired) electrons. The van der Waals surface area contributed by atoms with E-state index in [1.807, 2.05) is 36.4 Å². The van der Waals surface area contributed by atoms with E-state index in [0.29, 0.717) is 31.5 Å². The maximum Gasteiger partial charge on any atom is 0.284 e. The SMILES string of the molecule is CCC(=O)Nc1nnc(SC2=C(c3ccccc3)C3C=C(Cl)C=CC3=NC2=O)s1. The van der Waals surface area contributed by atoms with Crippen LogP contribution in [0, 0.1) is 5.92 Å². The van der Waals surface area contributed by atoms with Crippen LogP contribution in [0.25, 0.3) is 5.57 Å². The number of carbonyl (C=O) groups excluding carboxylic acids is 2. The summed E-state index contributed by atoms with van der Waals surface area (Å²) in [5.74, 6) is -0.688. The number of allylic oxidation sites excluding steroid dienone is 5. The predicted octanol–water partition coefficient (Wildman–Crippen LogP) is 4.68. The molecule has 0 fully saturated rings. The molecule has 1 aliphatic carbocycles. The zero-order chi connectivity index (χ0) is 20.4. The molecule has 0 saturated heterocycles. The quantitative estimate of drug-likeness (QED) is 0.679. The molecule has 6 nitrogen and oxygen atoms in total. The number of carbonyl (C=O) groups is 2. The lowest BCUT2D eigenvalue weighted by Crippen LogP contribution is -2.23. The first-order valence-corrected chi connectivity index (χ1v) is 10.9. The lowest BCUT2D eigenvalue weighted by molar-refractivity contribution is -0.116. The van der Waals surface area contributed by atoms with E-state index in [-0.39, 0.29) is 17.7 Å². The third-order valence-corrected chi connectivity index (χ3v) is 6.53. The Labute approximate surface area is 180 Å². The number of thioether (sulfide) groups is 1. The van der Waals surface area contributed by atoms with Crippen LogP contribution in [0.15, 0.2) is 67.8 Å². The number of benzene rings is 1. The van der Waals surface area contributed by atoms with Crippen molar-refractivity contribution in [1.82, 2.24) is 10.2 Å². The summed E-state index contributed by atoms with van der Waals surface area (Å²) in [5, 5.41) is 11.8. The molecule has 2 aliphatic rings. The van der Waals surface area contributed by atoms with Gasteiger partial charge in [-0.2, -0.15) is 0 Å². The van der Waals surface area contributed by atoms with Gasteiger partial charge >= 0.3 is 0 Å². The number of aromatic nitrogens is 2. The van der Waals surface area contributed by atoms with Crippen molar-refractivity contribution in [2.75, 3.05) is 5.32 Å². The Morgan fingerprint density at radius 3 is 2.79 bits per heavy atom. The molecule has 146 valence electrons. The van der Waals surface area contributed by atoms with Crippen molar-refractivity contribution in [3.8, 4) is 0 Å². The van der Waals surface area contributed by atoms with Gasteiger partial charge in [0.15, 0.2) is 4.34 Å². The second-order valence-electron chi connectivity index (χ2n) is 6.19. The Morgan fingerprint density at radius 2 is 2.03 bits per heavy atom. The molecular formula is C20H15ClN4O2S2. The van der Waals surface area contributed by atoms with E-state index in [9.17, 15) is 9.59 Å². The normalized spacial score (nSPS) is 18.3. The third kappa shape index (κ3) is 4.24. The molecule has 1 N–H and O–H groups in total. The fourth-order valence-electron chi connectivity index (χ4n) is 2.95. The van der Waals surface area contributed by atoms with Gasteiger partial charge in [0.25, 0.3) is 5.91 Å². The number of dihydropyridines is 1. The Morgan fingerprint density at radius 1 is 1.24 bits per heavy atom. The number of hydrogen-bond donors (Lipinski definition) is 1. The maximum absolute atomic E-state index is 12.9. The van der Waals surface area contributed by atoms with Crippen LogP contribution in [0.5, 0.6) is 0 Å². The fourth-order valence-corrected chi connectivity index (χ4v) is 5.03. The molecule has 1 aromatic carbocycles. The smallest absolute Gasteiger partial charge is 0.284 e. The Balaban J connectivity index is 1.74. The fraction of sp³-hybridized carbons (Fsp3) is 0.150. The average molecular weight is 443 g/mol. The second kappa shape index (κ2) is 8.44. The molecule has 2 aromatic rings. The molecular weight excluding hydrogens is 428 g/mol. The van der Waals surface area contributed by atoms with Gasteiger partial charge in [0.1, 0.15) is 0 Å². The number of aliphatic imine (C=N–C) groups is 1. The summed E-state index contributed by atoms with van der Waals surface area (Å²) in [6.07, 6.45) is 5.75. The highest BCUT2D eigenvalue weighted by molar-refractivity contribution is 8.05. The maximum atomic E-state index is 12.9. The van der Waals surface area contributed by atoms with Gasteiger partial charge in [-0.1, -0.05) is 78.0 Å². The lowest BCUT2D eigenvalue weighted by Gasteiger charge is -2.26. The first kappa shape index (κ1) is 19.8. The highest BCUT2D eigenvalue weighted by Gasteiger charge is 2.33. The number of nitrogens with zero attached hydrogens (tertiary/aromatic N) is 3. The van der Waals surface area contributed by atoms with E-state index < -0.39 is 0 Å². The Bertz CT molecular complexity index is 1100. The first-order chi connectivity index (χ1) is 14.0. The van der Waals surface area contributed by atoms with E-state index in [2.05, 4.69) is 20.5 Å². The number of hydrogen-bond acceptors (Lipinski definition) is 6. The van der Waals surface area contributed by atoms with Gasteiger partial charge < -0.3 is 5.32 Å². The summed E-state index contributed by atoms with van der Waals surface area (Å²) in [6, 6.07) is 9.69. The van der Waals surface area contributed by atoms with Gasteiger partial charge in [0.05, 0.1) is 10.6 Å². The molecule has 1 aliphatic heterocycles. The summed E-state index contributed by atoms with van der Waals surface area (Å²) in [4.78, 5) is 29.2. The van der Waals surface area contributed by atoms with E-state index in [0.717, 1.165) is 11.1 Å². The molecule has 1 unspecified atom stereocenters. The Kier molecular flexibility index (Phi) is 5.75. The van der Waals surface area contributed by atoms with Crippen LogP contribution < -0.4 is 5.32 Å². The summed E-state index contributed by atoms with van der Waals surface area (Å²) < 4.78 is 0.549. The van der Waals surface area contributed by atoms with E-state index in [4.69, 9.17) is 11.6 Å². The van der Waals surface area contributed by atoms with Crippen LogP contribution in [-0.2, 0) is 9.59 Å². The van der Waals surface area contributed by atoms with Crippen molar-refractivity contribution in [3.63, 3.8) is 0 Å². The highest BCUT2D eigenvalue weighted by Crippen LogP contribution is 2.43. The van der Waals surface area contributed by atoms with Crippen LogP contribution in [-0.4, -0.2) is 27.7 Å². The van der Waals surface area contributed by atoms with Crippen LogP contribution in [0.4, 0.5) is 5.13 Å². The van der Waals surface area contributed by atoms with Crippen molar-refractivity contribution >= 4 is 62.9 Å². The number of nitrogens with one attached hydrogen (secondary N) is 1. The zero-order valence-electron chi connectivity index (χ0n) is 15.3. The van der Waals surface area contributed by atoms with Gasteiger partial charge in [-0.05, 0) is 23.3 Å². The molecule has 1 atom stereocenters. The summed E-state index contributed by atoms with van der Waals surface area (Å²) in [6.45, 7) is 1.76. The van der Waals surface area contributed by atoms with Gasteiger partial charge in [-0.25, -0.2) is 4.99 Å². The van der Waals surface area contributed by atoms with Crippen molar-refractivity contribution in [3.05, 3.63) is 64.1 Å². The lowest BCUT2D eigenvalue weighted by atomic mass is 9.84. The minimum atomic E-state index is -0.328. The van der Waals surface area contributed by atoms with Crippen molar-refractivity contribution in [2.24, 2.45) is 10.9 Å². The molecule has 4 rings (SSSR count). The van der Waals surface area contributed by atoms with Gasteiger partial charge in [-0.15, -0.1) is 10.2 Å². The minimum Gasteiger partial charge on any atom is -0.301 e. The molecule has 0 bridgehead atoms. The van der Waals surface area contributed by atoms with Crippen LogP contribution in [0.1, 0.15) is 18.9 Å². The van der Waals surface area contributed by atoms with Crippen molar-refractivity contribution in [1.29, 1.82) is 0 Å². The molecule has 9 heteroatoms. The topological polar surface area (TPSA) is 84.3 Å². The Hall–Kier alpha value is -2.55. The van der Waals surface area contributed by atoms with Crippen molar-refractivity contribution in [2.45, 2.75) is 17.7 Å². The zero-order valence-corrected chi connectivity index (χ0v) is 17.6. The third-order valence-electron chi connectivity index (χ3n) is 4.29. The minimum absolute atomic E-state index is 0.140. The molecule has 29 heavy (non-hydrogen) atoms. The van der Waals surface area contributed by atoms with E-state index in [1.165, 1.54) is 23.1 Å². The highest BCUT2D eigenvalue weighted by atomic mass is 35.5. The monoisotopic (exact) mass is 442 g/mol. The number of rotatable bonds is 5. The second-order valence-corrected chi connectivity index (χ2v) is 8.86. The summed E-state index contributed by atoms with van der Waals surface area (Å²) >= 11 is 8.67. The van der Waals surface area contributed by atoms with Crippen LogP contribution >= 0.6 is 34.7 Å². The first-order valence-electron chi connectivity index (χ1n) is 8.84. The van der Waals surface area contributed by atoms with Gasteiger partial charge in [0.2, 0.25) is 11.0 Å². The van der Waals surface area contributed by atoms with Gasteiger partial charge in [0, 0.05) is 17.4 Å². The standard InChI is InChI=1S/C20H15ClN4O2S2/c1-2-15(26)23-19-24-25-20(29-19)28-17-16(11-6-4-3-5-7-11)13-10-12(21)8-9-14(13)22-18(17)27/h3-10,13H,2H2,1H3,(H,23,24,26). The summed E-state index contributed by atoms with van der Waals surface area (Å²) in [7, 11) is 0. The van der Waals surface area contributed by atoms with E-state index in [1.54, 1.807) is 19.1 Å². The number of anilines is 1. The molecule has 2 amide bonds. The molecule has 2 heterocycles. The van der Waals surface area contributed by atoms with Crippen LogP contribution in [0.2, 0.25) is 0 Å². The molecule has 0 saturated carbocycles.